The van der Waals surface area contributed by atoms with Crippen molar-refractivity contribution in [3.8, 4) is 0 Å². The molecule has 0 atom stereocenters. The van der Waals surface area contributed by atoms with Crippen LogP contribution < -0.4 is 10.6 Å². The van der Waals surface area contributed by atoms with Gasteiger partial charge in [-0.2, -0.15) is 0 Å². The van der Waals surface area contributed by atoms with Crippen LogP contribution in [0.15, 0.2) is 0 Å². The third-order valence-electron chi connectivity index (χ3n) is 3.09. The van der Waals surface area contributed by atoms with Crippen molar-refractivity contribution in [3.05, 3.63) is 0 Å². The normalized spacial score (nSPS) is 44.2. The van der Waals surface area contributed by atoms with Gasteiger partial charge in [0.05, 0.1) is 0 Å². The van der Waals surface area contributed by atoms with Crippen molar-refractivity contribution in [2.45, 2.75) is 30.3 Å². The molecule has 3 fully saturated rings. The van der Waals surface area contributed by atoms with Gasteiger partial charge < -0.3 is 10.6 Å². The minimum absolute atomic E-state index is 0. The Morgan fingerprint density at radius 3 is 1.27 bits per heavy atom. The number of hydrogen-bond acceptors (Lipinski definition) is 2. The third-order valence-corrected chi connectivity index (χ3v) is 3.09. The van der Waals surface area contributed by atoms with E-state index in [4.69, 9.17) is 0 Å². The van der Waals surface area contributed by atoms with E-state index in [1.54, 1.807) is 0 Å². The minimum Gasteiger partial charge on any atom is -0.314 e. The number of rotatable bonds is 2. The maximum atomic E-state index is 3.36. The van der Waals surface area contributed by atoms with Crippen molar-refractivity contribution >= 4 is 24.8 Å². The number of nitrogens with one attached hydrogen (secondary N) is 2. The van der Waals surface area contributed by atoms with Crippen LogP contribution in [0.4, 0.5) is 0 Å². The van der Waals surface area contributed by atoms with Gasteiger partial charge in [0.25, 0.3) is 0 Å². The van der Waals surface area contributed by atoms with Crippen LogP contribution in [0.5, 0.6) is 0 Å². The summed E-state index contributed by atoms with van der Waals surface area (Å²) in [6.07, 6.45) is 4.02. The molecule has 4 heteroatoms. The van der Waals surface area contributed by atoms with Gasteiger partial charge in [-0.25, -0.2) is 0 Å². The molecule has 3 saturated carbocycles. The highest BCUT2D eigenvalue weighted by atomic mass is 35.5. The van der Waals surface area contributed by atoms with Gasteiger partial charge in [0.2, 0.25) is 0 Å². The third kappa shape index (κ3) is 1.26. The Morgan fingerprint density at radius 2 is 1.09 bits per heavy atom. The lowest BCUT2D eigenvalue weighted by atomic mass is 9.44. The molecule has 2 nitrogen and oxygen atoms in total. The molecule has 0 heterocycles. The standard InChI is InChI=1S/C7H14N2.2ClH/c1-8-6-3-7(4-6,5-6)9-2;;/h8-9H,3-5H2,1-2H3;2*1H. The second-order valence-electron chi connectivity index (χ2n) is 3.59. The first-order valence-corrected chi connectivity index (χ1v) is 3.62. The maximum absolute atomic E-state index is 3.36. The maximum Gasteiger partial charge on any atom is 0.0231 e. The van der Waals surface area contributed by atoms with Crippen molar-refractivity contribution in [1.82, 2.24) is 10.6 Å². The zero-order chi connectivity index (χ0) is 6.54. The Balaban J connectivity index is 0.000000500. The molecule has 3 aliphatic carbocycles. The second-order valence-corrected chi connectivity index (χ2v) is 3.59. The van der Waals surface area contributed by atoms with Gasteiger partial charge >= 0.3 is 0 Å². The predicted octanol–water partition coefficient (Wildman–Crippen LogP) is 0.944. The molecule has 0 aromatic carbocycles. The summed E-state index contributed by atoms with van der Waals surface area (Å²) >= 11 is 0. The zero-order valence-electron chi connectivity index (χ0n) is 6.94. The molecular formula is C7H16Cl2N2. The Morgan fingerprint density at radius 1 is 0.818 bits per heavy atom. The monoisotopic (exact) mass is 198 g/mol. The fraction of sp³-hybridized carbons (Fsp3) is 1.00. The number of hydrogen-bond donors (Lipinski definition) is 2. The molecule has 0 amide bonds. The molecule has 11 heavy (non-hydrogen) atoms. The van der Waals surface area contributed by atoms with Crippen molar-refractivity contribution in [3.63, 3.8) is 0 Å². The molecule has 0 aliphatic heterocycles. The van der Waals surface area contributed by atoms with Gasteiger partial charge in [-0.05, 0) is 33.4 Å². The zero-order valence-corrected chi connectivity index (χ0v) is 8.57. The molecule has 0 aromatic rings. The molecule has 2 N–H and O–H groups in total. The minimum atomic E-state index is 0. The Hall–Kier alpha value is 0.500. The van der Waals surface area contributed by atoms with Gasteiger partial charge in [-0.15, -0.1) is 24.8 Å². The Bertz CT molecular complexity index is 116. The molecular weight excluding hydrogens is 183 g/mol. The van der Waals surface area contributed by atoms with E-state index in [-0.39, 0.29) is 24.8 Å². The van der Waals surface area contributed by atoms with Crippen LogP contribution in [0.2, 0.25) is 0 Å². The molecule has 0 saturated heterocycles. The van der Waals surface area contributed by atoms with E-state index in [9.17, 15) is 0 Å². The summed E-state index contributed by atoms with van der Waals surface area (Å²) in [5, 5.41) is 6.73. The first-order chi connectivity index (χ1) is 4.24. The summed E-state index contributed by atoms with van der Waals surface area (Å²) in [4.78, 5) is 0. The summed E-state index contributed by atoms with van der Waals surface area (Å²) in [5.74, 6) is 0. The first kappa shape index (κ1) is 11.5. The molecule has 0 spiro atoms. The predicted molar refractivity (Wildman–Crippen MR) is 51.9 cm³/mol. The first-order valence-electron chi connectivity index (χ1n) is 3.62. The highest BCUT2D eigenvalue weighted by Crippen LogP contribution is 2.59. The fourth-order valence-electron chi connectivity index (χ4n) is 2.32. The molecule has 2 bridgehead atoms. The molecule has 68 valence electrons. The van der Waals surface area contributed by atoms with Crippen molar-refractivity contribution in [1.29, 1.82) is 0 Å². The second kappa shape index (κ2) is 3.09. The Labute approximate surface area is 80.3 Å². The molecule has 3 aliphatic rings. The topological polar surface area (TPSA) is 24.1 Å². The summed E-state index contributed by atoms with van der Waals surface area (Å²) in [6, 6.07) is 0. The molecule has 0 unspecified atom stereocenters. The van der Waals surface area contributed by atoms with E-state index in [0.717, 1.165) is 0 Å². The van der Waals surface area contributed by atoms with Gasteiger partial charge in [-0.1, -0.05) is 0 Å². The fourth-order valence-corrected chi connectivity index (χ4v) is 2.32. The van der Waals surface area contributed by atoms with E-state index in [1.165, 1.54) is 19.3 Å². The smallest absolute Gasteiger partial charge is 0.0231 e. The van der Waals surface area contributed by atoms with E-state index < -0.39 is 0 Å². The van der Waals surface area contributed by atoms with Gasteiger partial charge in [0, 0.05) is 11.1 Å². The number of halogens is 2. The summed E-state index contributed by atoms with van der Waals surface area (Å²) in [7, 11) is 4.14. The van der Waals surface area contributed by atoms with Crippen molar-refractivity contribution in [2.75, 3.05) is 14.1 Å². The largest absolute Gasteiger partial charge is 0.314 e. The highest BCUT2D eigenvalue weighted by Gasteiger charge is 2.66. The van der Waals surface area contributed by atoms with Crippen LogP contribution in [0.1, 0.15) is 19.3 Å². The van der Waals surface area contributed by atoms with Crippen LogP contribution in [0.3, 0.4) is 0 Å². The van der Waals surface area contributed by atoms with Crippen molar-refractivity contribution < 1.29 is 0 Å². The van der Waals surface area contributed by atoms with Gasteiger partial charge in [-0.3, -0.25) is 0 Å². The lowest BCUT2D eigenvalue weighted by Crippen LogP contribution is -2.81. The average Bonchev–Trinajstić information content (AvgIpc) is 1.62. The van der Waals surface area contributed by atoms with E-state index in [0.29, 0.717) is 11.1 Å². The lowest BCUT2D eigenvalue weighted by molar-refractivity contribution is -0.0955. The van der Waals surface area contributed by atoms with Crippen LogP contribution >= 0.6 is 24.8 Å². The van der Waals surface area contributed by atoms with Crippen molar-refractivity contribution in [2.24, 2.45) is 0 Å². The molecule has 0 radical (unpaired) electrons. The summed E-state index contributed by atoms with van der Waals surface area (Å²) < 4.78 is 0. The summed E-state index contributed by atoms with van der Waals surface area (Å²) in [6.45, 7) is 0. The highest BCUT2D eigenvalue weighted by molar-refractivity contribution is 5.85. The Kier molecular flexibility index (Phi) is 3.23. The average molecular weight is 199 g/mol. The van der Waals surface area contributed by atoms with Crippen LogP contribution in [0, 0.1) is 0 Å². The lowest BCUT2D eigenvalue weighted by Gasteiger charge is -2.70. The van der Waals surface area contributed by atoms with Gasteiger partial charge in [0.15, 0.2) is 0 Å². The van der Waals surface area contributed by atoms with Crippen LogP contribution in [0.25, 0.3) is 0 Å². The SMILES string of the molecule is CNC12CC(NC)(C1)C2.Cl.Cl. The molecule has 0 aromatic heterocycles. The van der Waals surface area contributed by atoms with Gasteiger partial charge in [0.1, 0.15) is 0 Å². The molecule has 3 rings (SSSR count). The van der Waals surface area contributed by atoms with Crippen LogP contribution in [-0.2, 0) is 0 Å². The summed E-state index contributed by atoms with van der Waals surface area (Å²) in [5.41, 5.74) is 1.12. The van der Waals surface area contributed by atoms with Crippen LogP contribution in [-0.4, -0.2) is 25.2 Å². The van der Waals surface area contributed by atoms with E-state index in [2.05, 4.69) is 24.7 Å². The van der Waals surface area contributed by atoms with E-state index >= 15 is 0 Å². The van der Waals surface area contributed by atoms with E-state index in [1.807, 2.05) is 0 Å². The quantitative estimate of drug-likeness (QED) is 0.691.